The van der Waals surface area contributed by atoms with Gasteiger partial charge in [-0.3, -0.25) is 0 Å². The Kier molecular flexibility index (Phi) is 4.18. The van der Waals surface area contributed by atoms with Crippen molar-refractivity contribution in [3.8, 4) is 0 Å². The molecule has 16 heavy (non-hydrogen) atoms. The average Bonchev–Trinajstić information content (AvgIpc) is 2.69. The lowest BCUT2D eigenvalue weighted by Crippen LogP contribution is -2.30. The van der Waals surface area contributed by atoms with Crippen LogP contribution >= 0.6 is 11.8 Å². The molecule has 1 heterocycles. The van der Waals surface area contributed by atoms with E-state index >= 15 is 0 Å². The Balaban J connectivity index is 1.80. The van der Waals surface area contributed by atoms with Crippen molar-refractivity contribution in [2.75, 3.05) is 18.1 Å². The second-order valence-electron chi connectivity index (χ2n) is 4.04. The largest absolute Gasteiger partial charge is 0.313 e. The zero-order chi connectivity index (χ0) is 11.4. The van der Waals surface area contributed by atoms with Gasteiger partial charge in [0, 0.05) is 17.9 Å². The quantitative estimate of drug-likeness (QED) is 0.872. The molecule has 0 radical (unpaired) electrons. The second kappa shape index (κ2) is 5.64. The van der Waals surface area contributed by atoms with Crippen LogP contribution in [0.25, 0.3) is 0 Å². The first kappa shape index (κ1) is 11.9. The molecule has 0 aromatic heterocycles. The van der Waals surface area contributed by atoms with Crippen LogP contribution in [0.3, 0.4) is 0 Å². The number of halogens is 2. The Labute approximate surface area is 98.6 Å². The molecule has 1 aliphatic heterocycles. The number of hydrogen-bond acceptors (Lipinski definition) is 2. The zero-order valence-corrected chi connectivity index (χ0v) is 9.83. The number of rotatable bonds is 4. The third kappa shape index (κ3) is 3.46. The molecule has 1 aliphatic rings. The SMILES string of the molecule is Fc1cc(F)cc(CCNC2CCSC2)c1. The zero-order valence-electron chi connectivity index (χ0n) is 9.01. The predicted molar refractivity (Wildman–Crippen MR) is 63.8 cm³/mol. The molecular formula is C12H15F2NS. The van der Waals surface area contributed by atoms with Crippen molar-refractivity contribution in [2.45, 2.75) is 18.9 Å². The standard InChI is InChI=1S/C12H15F2NS/c13-10-5-9(6-11(14)7-10)1-3-15-12-2-4-16-8-12/h5-7,12,15H,1-4,8H2. The van der Waals surface area contributed by atoms with E-state index in [0.29, 0.717) is 12.5 Å². The van der Waals surface area contributed by atoms with Gasteiger partial charge in [0.1, 0.15) is 11.6 Å². The summed E-state index contributed by atoms with van der Waals surface area (Å²) in [6.07, 6.45) is 1.87. The Hall–Kier alpha value is -0.610. The summed E-state index contributed by atoms with van der Waals surface area (Å²) in [6, 6.07) is 4.27. The van der Waals surface area contributed by atoms with E-state index in [2.05, 4.69) is 5.32 Å². The summed E-state index contributed by atoms with van der Waals surface area (Å²) in [5, 5.41) is 3.40. The third-order valence-electron chi connectivity index (χ3n) is 2.70. The van der Waals surface area contributed by atoms with Crippen molar-refractivity contribution >= 4 is 11.8 Å². The van der Waals surface area contributed by atoms with Crippen molar-refractivity contribution in [2.24, 2.45) is 0 Å². The van der Waals surface area contributed by atoms with Gasteiger partial charge in [0.2, 0.25) is 0 Å². The highest BCUT2D eigenvalue weighted by Gasteiger charge is 2.13. The van der Waals surface area contributed by atoms with Gasteiger partial charge in [-0.1, -0.05) is 0 Å². The molecule has 1 aromatic rings. The molecule has 1 N–H and O–H groups in total. The fourth-order valence-corrected chi connectivity index (χ4v) is 3.06. The topological polar surface area (TPSA) is 12.0 Å². The summed E-state index contributed by atoms with van der Waals surface area (Å²) in [4.78, 5) is 0. The minimum Gasteiger partial charge on any atom is -0.313 e. The van der Waals surface area contributed by atoms with Crippen molar-refractivity contribution in [1.29, 1.82) is 0 Å². The van der Waals surface area contributed by atoms with E-state index in [4.69, 9.17) is 0 Å². The predicted octanol–water partition coefficient (Wildman–Crippen LogP) is 2.60. The summed E-state index contributed by atoms with van der Waals surface area (Å²) in [5.41, 5.74) is 0.718. The van der Waals surface area contributed by atoms with Crippen molar-refractivity contribution in [1.82, 2.24) is 5.32 Å². The molecule has 0 saturated carbocycles. The van der Waals surface area contributed by atoms with Crippen molar-refractivity contribution in [3.63, 3.8) is 0 Å². The highest BCUT2D eigenvalue weighted by Crippen LogP contribution is 2.17. The molecule has 0 bridgehead atoms. The molecule has 2 rings (SSSR count). The summed E-state index contributed by atoms with van der Waals surface area (Å²) in [7, 11) is 0. The normalized spacial score (nSPS) is 20.2. The molecule has 0 amide bonds. The molecule has 1 saturated heterocycles. The Morgan fingerprint density at radius 3 is 2.62 bits per heavy atom. The molecular weight excluding hydrogens is 228 g/mol. The number of benzene rings is 1. The minimum atomic E-state index is -0.494. The van der Waals surface area contributed by atoms with Crippen molar-refractivity contribution in [3.05, 3.63) is 35.4 Å². The smallest absolute Gasteiger partial charge is 0.126 e. The van der Waals surface area contributed by atoms with E-state index < -0.39 is 11.6 Å². The Morgan fingerprint density at radius 1 is 1.25 bits per heavy atom. The fourth-order valence-electron chi connectivity index (χ4n) is 1.87. The third-order valence-corrected chi connectivity index (χ3v) is 3.86. The summed E-state index contributed by atoms with van der Waals surface area (Å²) in [6.45, 7) is 0.786. The van der Waals surface area contributed by atoms with Crippen LogP contribution in [-0.4, -0.2) is 24.1 Å². The molecule has 1 aromatic carbocycles. The van der Waals surface area contributed by atoms with E-state index in [1.807, 2.05) is 11.8 Å². The summed E-state index contributed by atoms with van der Waals surface area (Å²) in [5.74, 6) is 1.38. The molecule has 0 spiro atoms. The Morgan fingerprint density at radius 2 is 2.00 bits per heavy atom. The van der Waals surface area contributed by atoms with E-state index in [1.165, 1.54) is 24.3 Å². The lowest BCUT2D eigenvalue weighted by molar-refractivity contribution is 0.553. The maximum Gasteiger partial charge on any atom is 0.126 e. The summed E-state index contributed by atoms with van der Waals surface area (Å²) < 4.78 is 25.8. The first-order chi connectivity index (χ1) is 7.74. The molecule has 1 nitrogen and oxygen atoms in total. The van der Waals surface area contributed by atoms with Gasteiger partial charge >= 0.3 is 0 Å². The van der Waals surface area contributed by atoms with Gasteiger partial charge in [-0.05, 0) is 42.8 Å². The first-order valence-electron chi connectivity index (χ1n) is 5.50. The first-order valence-corrected chi connectivity index (χ1v) is 6.65. The average molecular weight is 243 g/mol. The van der Waals surface area contributed by atoms with Gasteiger partial charge in [0.25, 0.3) is 0 Å². The number of thioether (sulfide) groups is 1. The lowest BCUT2D eigenvalue weighted by Gasteiger charge is -2.10. The van der Waals surface area contributed by atoms with Crippen LogP contribution in [0.1, 0.15) is 12.0 Å². The summed E-state index contributed by atoms with van der Waals surface area (Å²) >= 11 is 1.95. The van der Waals surface area contributed by atoms with Crippen LogP contribution in [0.5, 0.6) is 0 Å². The number of nitrogens with one attached hydrogen (secondary N) is 1. The van der Waals surface area contributed by atoms with Crippen molar-refractivity contribution < 1.29 is 8.78 Å². The molecule has 1 unspecified atom stereocenters. The monoisotopic (exact) mass is 243 g/mol. The van der Waals surface area contributed by atoms with Crippen LogP contribution < -0.4 is 5.32 Å². The van der Waals surface area contributed by atoms with Gasteiger partial charge in [0.15, 0.2) is 0 Å². The van der Waals surface area contributed by atoms with E-state index in [-0.39, 0.29) is 0 Å². The van der Waals surface area contributed by atoms with Gasteiger partial charge in [-0.2, -0.15) is 11.8 Å². The molecule has 1 fully saturated rings. The fraction of sp³-hybridized carbons (Fsp3) is 0.500. The number of hydrogen-bond donors (Lipinski definition) is 1. The van der Waals surface area contributed by atoms with E-state index in [9.17, 15) is 8.78 Å². The second-order valence-corrected chi connectivity index (χ2v) is 5.19. The van der Waals surface area contributed by atoms with Crippen LogP contribution in [0.15, 0.2) is 18.2 Å². The minimum absolute atomic E-state index is 0.494. The Bertz CT molecular complexity index is 331. The van der Waals surface area contributed by atoms with Gasteiger partial charge in [0.05, 0.1) is 0 Å². The van der Waals surface area contributed by atoms with Crippen LogP contribution in [0.4, 0.5) is 8.78 Å². The van der Waals surface area contributed by atoms with Crippen LogP contribution in [-0.2, 0) is 6.42 Å². The lowest BCUT2D eigenvalue weighted by atomic mass is 10.1. The molecule has 1 atom stereocenters. The molecule has 4 heteroatoms. The maximum atomic E-state index is 12.9. The van der Waals surface area contributed by atoms with Gasteiger partial charge in [-0.15, -0.1) is 0 Å². The maximum absolute atomic E-state index is 12.9. The highest BCUT2D eigenvalue weighted by atomic mass is 32.2. The molecule has 0 aliphatic carbocycles. The van der Waals surface area contributed by atoms with Gasteiger partial charge < -0.3 is 5.32 Å². The molecule has 88 valence electrons. The van der Waals surface area contributed by atoms with E-state index in [0.717, 1.165) is 23.9 Å². The highest BCUT2D eigenvalue weighted by molar-refractivity contribution is 7.99. The van der Waals surface area contributed by atoms with Crippen LogP contribution in [0, 0.1) is 11.6 Å². The van der Waals surface area contributed by atoms with Crippen LogP contribution in [0.2, 0.25) is 0 Å². The van der Waals surface area contributed by atoms with E-state index in [1.54, 1.807) is 0 Å². The van der Waals surface area contributed by atoms with Gasteiger partial charge in [-0.25, -0.2) is 8.78 Å².